The fraction of sp³-hybridized carbons (Fsp3) is 0.333. The predicted molar refractivity (Wildman–Crippen MR) is 101 cm³/mol. The van der Waals surface area contributed by atoms with E-state index in [1.807, 2.05) is 13.8 Å². The number of alkyl halides is 3. The second-order valence-electron chi connectivity index (χ2n) is 6.86. The number of anilines is 4. The van der Waals surface area contributed by atoms with Crippen molar-refractivity contribution in [2.45, 2.75) is 26.1 Å². The standard InChI is InChI=1S/C18H19F3N6O2/c1-9(2)27-8-14(28)26(3)13-7-23-17(25-16(13)27)24-12-5-10(15(22)29)4-11(6-12)18(19,20)21/h4-7,9H,8H2,1-3H3,(H2,22,29)(H,23,24,25). The Morgan fingerprint density at radius 1 is 1.28 bits per heavy atom. The van der Waals surface area contributed by atoms with E-state index in [0.29, 0.717) is 17.6 Å². The summed E-state index contributed by atoms with van der Waals surface area (Å²) in [7, 11) is 1.60. The zero-order valence-electron chi connectivity index (χ0n) is 15.9. The van der Waals surface area contributed by atoms with Gasteiger partial charge in [-0.05, 0) is 32.0 Å². The summed E-state index contributed by atoms with van der Waals surface area (Å²) < 4.78 is 39.4. The summed E-state index contributed by atoms with van der Waals surface area (Å²) in [5.41, 5.74) is 4.28. The number of nitrogens with zero attached hydrogens (tertiary/aromatic N) is 4. The number of hydrogen-bond acceptors (Lipinski definition) is 6. The number of primary amides is 1. The quantitative estimate of drug-likeness (QED) is 0.806. The molecule has 0 fully saturated rings. The maximum Gasteiger partial charge on any atom is 0.416 e. The Kier molecular flexibility index (Phi) is 5.07. The maximum absolute atomic E-state index is 13.1. The van der Waals surface area contributed by atoms with Crippen molar-refractivity contribution in [2.24, 2.45) is 5.73 Å². The first-order valence-corrected chi connectivity index (χ1v) is 8.66. The van der Waals surface area contributed by atoms with Gasteiger partial charge in [0.05, 0.1) is 18.3 Å². The minimum atomic E-state index is -4.66. The van der Waals surface area contributed by atoms with Crippen LogP contribution in [0.4, 0.5) is 36.3 Å². The van der Waals surface area contributed by atoms with Crippen LogP contribution >= 0.6 is 0 Å². The van der Waals surface area contributed by atoms with Gasteiger partial charge in [0.1, 0.15) is 5.69 Å². The van der Waals surface area contributed by atoms with Crippen molar-refractivity contribution in [3.05, 3.63) is 35.5 Å². The molecule has 0 radical (unpaired) electrons. The number of benzene rings is 1. The van der Waals surface area contributed by atoms with Crippen LogP contribution in [0.25, 0.3) is 0 Å². The van der Waals surface area contributed by atoms with Crippen molar-refractivity contribution in [3.63, 3.8) is 0 Å². The zero-order valence-corrected chi connectivity index (χ0v) is 15.9. The topological polar surface area (TPSA) is 104 Å². The van der Waals surface area contributed by atoms with E-state index in [1.165, 1.54) is 17.2 Å². The molecular formula is C18H19F3N6O2. The number of fused-ring (bicyclic) bond motifs is 1. The molecule has 11 heteroatoms. The lowest BCUT2D eigenvalue weighted by molar-refractivity contribution is -0.137. The van der Waals surface area contributed by atoms with Crippen LogP contribution in [0.15, 0.2) is 24.4 Å². The third kappa shape index (κ3) is 4.08. The van der Waals surface area contributed by atoms with Gasteiger partial charge in [0.15, 0.2) is 5.82 Å². The first-order chi connectivity index (χ1) is 13.5. The van der Waals surface area contributed by atoms with Crippen LogP contribution < -0.4 is 20.9 Å². The van der Waals surface area contributed by atoms with Gasteiger partial charge in [-0.15, -0.1) is 0 Å². The molecule has 0 bridgehead atoms. The number of likely N-dealkylation sites (N-methyl/N-ethyl adjacent to an activating group) is 1. The highest BCUT2D eigenvalue weighted by molar-refractivity contribution is 6.02. The minimum Gasteiger partial charge on any atom is -0.366 e. The SMILES string of the molecule is CC(C)N1CC(=O)N(C)c2cnc(Nc3cc(C(N)=O)cc(C(F)(F)F)c3)nc21. The molecule has 3 N–H and O–H groups in total. The van der Waals surface area contributed by atoms with E-state index in [0.717, 1.165) is 6.07 Å². The van der Waals surface area contributed by atoms with Gasteiger partial charge in [-0.1, -0.05) is 0 Å². The average molecular weight is 408 g/mol. The minimum absolute atomic E-state index is 0.0203. The van der Waals surface area contributed by atoms with Crippen molar-refractivity contribution in [1.82, 2.24) is 9.97 Å². The molecular weight excluding hydrogens is 389 g/mol. The van der Waals surface area contributed by atoms with Gasteiger partial charge in [0.25, 0.3) is 0 Å². The highest BCUT2D eigenvalue weighted by Gasteiger charge is 2.32. The van der Waals surface area contributed by atoms with E-state index in [1.54, 1.807) is 11.9 Å². The van der Waals surface area contributed by atoms with Crippen molar-refractivity contribution >= 4 is 35.0 Å². The summed E-state index contributed by atoms with van der Waals surface area (Å²) in [6.07, 6.45) is -3.24. The van der Waals surface area contributed by atoms with Gasteiger partial charge in [-0.25, -0.2) is 4.98 Å². The number of carbonyl (C=O) groups is 2. The number of aromatic nitrogens is 2. The fourth-order valence-electron chi connectivity index (χ4n) is 2.90. The first kappa shape index (κ1) is 20.4. The van der Waals surface area contributed by atoms with Gasteiger partial charge in [-0.3, -0.25) is 9.59 Å². The molecule has 0 unspecified atom stereocenters. The predicted octanol–water partition coefficient (Wildman–Crippen LogP) is 2.53. The second kappa shape index (κ2) is 7.22. The number of halogens is 3. The molecule has 0 saturated heterocycles. The lowest BCUT2D eigenvalue weighted by Gasteiger charge is -2.36. The van der Waals surface area contributed by atoms with Gasteiger partial charge in [0, 0.05) is 24.3 Å². The number of amides is 2. The Hall–Kier alpha value is -3.37. The molecule has 1 aliphatic rings. The third-order valence-corrected chi connectivity index (χ3v) is 4.49. The van der Waals surface area contributed by atoms with E-state index in [2.05, 4.69) is 15.3 Å². The summed E-state index contributed by atoms with van der Waals surface area (Å²) in [4.78, 5) is 35.2. The van der Waals surface area contributed by atoms with Gasteiger partial charge >= 0.3 is 6.18 Å². The lowest BCUT2D eigenvalue weighted by Crippen LogP contribution is -2.47. The number of nitrogens with one attached hydrogen (secondary N) is 1. The molecule has 2 heterocycles. The number of nitrogens with two attached hydrogens (primary N) is 1. The van der Waals surface area contributed by atoms with Crippen LogP contribution in [0.3, 0.4) is 0 Å². The van der Waals surface area contributed by atoms with Gasteiger partial charge in [-0.2, -0.15) is 18.2 Å². The van der Waals surface area contributed by atoms with Crippen LogP contribution in [-0.4, -0.2) is 41.4 Å². The molecule has 0 aliphatic carbocycles. The van der Waals surface area contributed by atoms with Gasteiger partial charge in [0.2, 0.25) is 17.8 Å². The van der Waals surface area contributed by atoms with E-state index in [4.69, 9.17) is 5.73 Å². The Bertz CT molecular complexity index is 977. The zero-order chi connectivity index (χ0) is 21.5. The number of carbonyl (C=O) groups excluding carboxylic acids is 2. The third-order valence-electron chi connectivity index (χ3n) is 4.49. The van der Waals surface area contributed by atoms with E-state index in [-0.39, 0.29) is 35.7 Å². The summed E-state index contributed by atoms with van der Waals surface area (Å²) in [6, 6.07) is 2.67. The normalized spacial score (nSPS) is 14.2. The summed E-state index contributed by atoms with van der Waals surface area (Å²) >= 11 is 0. The first-order valence-electron chi connectivity index (χ1n) is 8.66. The maximum atomic E-state index is 13.1. The highest BCUT2D eigenvalue weighted by atomic mass is 19.4. The molecule has 0 atom stereocenters. The van der Waals surface area contributed by atoms with Crippen LogP contribution in [-0.2, 0) is 11.0 Å². The summed E-state index contributed by atoms with van der Waals surface area (Å²) in [5.74, 6) is -0.621. The molecule has 0 spiro atoms. The number of hydrogen-bond donors (Lipinski definition) is 2. The van der Waals surface area contributed by atoms with Crippen molar-refractivity contribution in [2.75, 3.05) is 28.7 Å². The van der Waals surface area contributed by atoms with Crippen molar-refractivity contribution in [1.29, 1.82) is 0 Å². The van der Waals surface area contributed by atoms with E-state index < -0.39 is 17.6 Å². The van der Waals surface area contributed by atoms with Gasteiger partial charge < -0.3 is 20.9 Å². The average Bonchev–Trinajstić information content (AvgIpc) is 2.63. The molecule has 154 valence electrons. The molecule has 2 amide bonds. The van der Waals surface area contributed by atoms with Crippen LogP contribution in [0.2, 0.25) is 0 Å². The summed E-state index contributed by atoms with van der Waals surface area (Å²) in [6.45, 7) is 3.90. The monoisotopic (exact) mass is 408 g/mol. The number of rotatable bonds is 4. The Balaban J connectivity index is 2.02. The Labute approximate surface area is 164 Å². The smallest absolute Gasteiger partial charge is 0.366 e. The largest absolute Gasteiger partial charge is 0.416 e. The van der Waals surface area contributed by atoms with Crippen molar-refractivity contribution < 1.29 is 22.8 Å². The second-order valence-corrected chi connectivity index (χ2v) is 6.86. The van der Waals surface area contributed by atoms with Crippen LogP contribution in [0.1, 0.15) is 29.8 Å². The lowest BCUT2D eigenvalue weighted by atomic mass is 10.1. The molecule has 8 nitrogen and oxygen atoms in total. The highest BCUT2D eigenvalue weighted by Crippen LogP contribution is 2.34. The fourth-order valence-corrected chi connectivity index (χ4v) is 2.90. The summed E-state index contributed by atoms with van der Waals surface area (Å²) in [5, 5.41) is 2.69. The van der Waals surface area contributed by atoms with Crippen LogP contribution in [0, 0.1) is 0 Å². The molecule has 0 saturated carbocycles. The molecule has 1 aliphatic heterocycles. The molecule has 2 aromatic rings. The molecule has 1 aromatic carbocycles. The van der Waals surface area contributed by atoms with E-state index in [9.17, 15) is 22.8 Å². The molecule has 1 aromatic heterocycles. The molecule has 3 rings (SSSR count). The molecule has 29 heavy (non-hydrogen) atoms. The Morgan fingerprint density at radius 3 is 2.55 bits per heavy atom. The Morgan fingerprint density at radius 2 is 1.97 bits per heavy atom. The van der Waals surface area contributed by atoms with Crippen LogP contribution in [0.5, 0.6) is 0 Å². The van der Waals surface area contributed by atoms with Crippen molar-refractivity contribution in [3.8, 4) is 0 Å². The van der Waals surface area contributed by atoms with E-state index >= 15 is 0 Å².